The zero-order valence-electron chi connectivity index (χ0n) is 14.4. The first kappa shape index (κ1) is 16.8. The van der Waals surface area contributed by atoms with Gasteiger partial charge in [-0.25, -0.2) is 4.79 Å². The van der Waals surface area contributed by atoms with Crippen LogP contribution in [0, 0.1) is 0 Å². The number of ether oxygens (including phenoxy) is 1. The lowest BCUT2D eigenvalue weighted by Crippen LogP contribution is -3.21. The van der Waals surface area contributed by atoms with E-state index in [4.69, 9.17) is 4.74 Å². The van der Waals surface area contributed by atoms with Crippen molar-refractivity contribution in [2.45, 2.75) is 50.2 Å². The number of hydrogen-bond donors (Lipinski definition) is 3. The number of amides is 2. The van der Waals surface area contributed by atoms with Crippen molar-refractivity contribution in [2.75, 3.05) is 19.0 Å². The summed E-state index contributed by atoms with van der Waals surface area (Å²) in [5.74, 6) is 0.784. The largest absolute Gasteiger partial charge is 0.497 e. The number of hydrogen-bond acceptors (Lipinski definition) is 2. The van der Waals surface area contributed by atoms with Crippen LogP contribution in [0.3, 0.4) is 0 Å². The molecule has 2 aliphatic rings. The van der Waals surface area contributed by atoms with Gasteiger partial charge in [0.15, 0.2) is 0 Å². The standard InChI is InChI=1S/C19H27N3O2/c1-3-11-22-16-5-4-6-17(22)13-15(12-16)21-19(23)20-14-7-9-18(24-2)10-8-14/h3,7-10,15-17H,1,4-6,11-13H2,2H3,(H2,20,21,23)/p+1/t15?,16-,17+. The third-order valence-corrected chi connectivity index (χ3v) is 5.36. The van der Waals surface area contributed by atoms with Crippen molar-refractivity contribution in [1.29, 1.82) is 0 Å². The quantitative estimate of drug-likeness (QED) is 0.723. The van der Waals surface area contributed by atoms with E-state index in [0.717, 1.165) is 30.8 Å². The summed E-state index contributed by atoms with van der Waals surface area (Å²) in [4.78, 5) is 14.0. The van der Waals surface area contributed by atoms with Crippen LogP contribution in [0.5, 0.6) is 5.75 Å². The highest BCUT2D eigenvalue weighted by Gasteiger charge is 2.41. The fourth-order valence-corrected chi connectivity index (χ4v) is 4.28. The minimum absolute atomic E-state index is 0.115. The lowest BCUT2D eigenvalue weighted by molar-refractivity contribution is -0.955. The molecule has 2 saturated heterocycles. The Hall–Kier alpha value is -2.01. The Bertz CT molecular complexity index is 558. The summed E-state index contributed by atoms with van der Waals surface area (Å²) in [5.41, 5.74) is 0.781. The van der Waals surface area contributed by atoms with Crippen LogP contribution >= 0.6 is 0 Å². The second kappa shape index (κ2) is 7.71. The fourth-order valence-electron chi connectivity index (χ4n) is 4.28. The molecule has 3 rings (SSSR count). The fraction of sp³-hybridized carbons (Fsp3) is 0.526. The Morgan fingerprint density at radius 1 is 1.29 bits per heavy atom. The molecule has 5 heteroatoms. The topological polar surface area (TPSA) is 54.8 Å². The smallest absolute Gasteiger partial charge is 0.319 e. The predicted octanol–water partition coefficient (Wildman–Crippen LogP) is 1.97. The van der Waals surface area contributed by atoms with Gasteiger partial charge in [-0.05, 0) is 49.6 Å². The number of piperidine rings is 2. The van der Waals surface area contributed by atoms with Crippen molar-refractivity contribution in [3.8, 4) is 5.75 Å². The van der Waals surface area contributed by atoms with Crippen molar-refractivity contribution in [2.24, 2.45) is 0 Å². The van der Waals surface area contributed by atoms with Gasteiger partial charge in [-0.2, -0.15) is 0 Å². The molecule has 2 bridgehead atoms. The van der Waals surface area contributed by atoms with Gasteiger partial charge in [-0.15, -0.1) is 0 Å². The molecule has 1 aromatic rings. The molecular formula is C19H28N3O2+. The van der Waals surface area contributed by atoms with Crippen LogP contribution in [-0.4, -0.2) is 37.8 Å². The van der Waals surface area contributed by atoms with E-state index < -0.39 is 0 Å². The Morgan fingerprint density at radius 3 is 2.54 bits per heavy atom. The minimum Gasteiger partial charge on any atom is -0.497 e. The van der Waals surface area contributed by atoms with E-state index >= 15 is 0 Å². The van der Waals surface area contributed by atoms with Gasteiger partial charge in [0.25, 0.3) is 0 Å². The number of carbonyl (C=O) groups excluding carboxylic acids is 1. The van der Waals surface area contributed by atoms with Crippen LogP contribution in [0.15, 0.2) is 36.9 Å². The Kier molecular flexibility index (Phi) is 5.41. The molecule has 2 unspecified atom stereocenters. The van der Waals surface area contributed by atoms with E-state index in [-0.39, 0.29) is 12.1 Å². The van der Waals surface area contributed by atoms with Crippen molar-refractivity contribution >= 4 is 11.7 Å². The zero-order valence-corrected chi connectivity index (χ0v) is 14.4. The highest BCUT2D eigenvalue weighted by molar-refractivity contribution is 5.89. The molecule has 3 N–H and O–H groups in total. The molecule has 2 aliphatic heterocycles. The van der Waals surface area contributed by atoms with E-state index in [1.165, 1.54) is 19.3 Å². The highest BCUT2D eigenvalue weighted by atomic mass is 16.5. The Morgan fingerprint density at radius 2 is 1.96 bits per heavy atom. The monoisotopic (exact) mass is 330 g/mol. The van der Waals surface area contributed by atoms with E-state index in [0.29, 0.717) is 12.1 Å². The van der Waals surface area contributed by atoms with Gasteiger partial charge in [0.2, 0.25) is 0 Å². The summed E-state index contributed by atoms with van der Waals surface area (Å²) < 4.78 is 5.13. The van der Waals surface area contributed by atoms with Crippen LogP contribution < -0.4 is 20.3 Å². The number of rotatable bonds is 5. The van der Waals surface area contributed by atoms with E-state index in [9.17, 15) is 4.79 Å². The Balaban J connectivity index is 1.54. The number of quaternary nitrogens is 1. The summed E-state index contributed by atoms with van der Waals surface area (Å²) >= 11 is 0. The molecule has 0 aliphatic carbocycles. The molecule has 4 atom stereocenters. The maximum Gasteiger partial charge on any atom is 0.319 e. The third-order valence-electron chi connectivity index (χ3n) is 5.36. The van der Waals surface area contributed by atoms with Gasteiger partial charge in [0.1, 0.15) is 5.75 Å². The van der Waals surface area contributed by atoms with E-state index in [1.807, 2.05) is 30.3 Å². The Labute approximate surface area is 144 Å². The number of fused-ring (bicyclic) bond motifs is 2. The van der Waals surface area contributed by atoms with Crippen LogP contribution in [0.25, 0.3) is 0 Å². The molecule has 24 heavy (non-hydrogen) atoms. The second-order valence-corrected chi connectivity index (χ2v) is 6.89. The van der Waals surface area contributed by atoms with Gasteiger partial charge in [-0.1, -0.05) is 6.58 Å². The summed E-state index contributed by atoms with van der Waals surface area (Å²) in [7, 11) is 1.63. The third kappa shape index (κ3) is 3.90. The van der Waals surface area contributed by atoms with Crippen molar-refractivity contribution < 1.29 is 14.4 Å². The molecule has 2 fully saturated rings. The minimum atomic E-state index is -0.115. The number of methoxy groups -OCH3 is 1. The lowest BCUT2D eigenvalue weighted by Gasteiger charge is -2.45. The summed E-state index contributed by atoms with van der Waals surface area (Å²) in [6.07, 6.45) is 8.01. The van der Waals surface area contributed by atoms with Crippen molar-refractivity contribution in [1.82, 2.24) is 5.32 Å². The van der Waals surface area contributed by atoms with Crippen LogP contribution in [0.1, 0.15) is 32.1 Å². The molecule has 0 spiro atoms. The SMILES string of the molecule is C=CC[NH+]1[C@@H]2CCC[C@H]1CC(NC(=O)Nc1ccc(OC)cc1)C2. The second-order valence-electron chi connectivity index (χ2n) is 6.89. The molecule has 2 heterocycles. The molecule has 1 aromatic carbocycles. The molecule has 130 valence electrons. The number of benzene rings is 1. The number of anilines is 1. The normalized spacial score (nSPS) is 28.7. The molecule has 0 saturated carbocycles. The van der Waals surface area contributed by atoms with E-state index in [1.54, 1.807) is 12.0 Å². The first-order valence-corrected chi connectivity index (χ1v) is 8.87. The van der Waals surface area contributed by atoms with Crippen LogP contribution in [-0.2, 0) is 0 Å². The lowest BCUT2D eigenvalue weighted by atomic mass is 9.82. The van der Waals surface area contributed by atoms with Gasteiger partial charge in [0.05, 0.1) is 25.7 Å². The molecule has 5 nitrogen and oxygen atoms in total. The van der Waals surface area contributed by atoms with Gasteiger partial charge in [-0.3, -0.25) is 0 Å². The average molecular weight is 330 g/mol. The first-order valence-electron chi connectivity index (χ1n) is 8.87. The van der Waals surface area contributed by atoms with Crippen LogP contribution in [0.2, 0.25) is 0 Å². The highest BCUT2D eigenvalue weighted by Crippen LogP contribution is 2.22. The van der Waals surface area contributed by atoms with Gasteiger partial charge in [0, 0.05) is 24.6 Å². The molecule has 2 amide bonds. The predicted molar refractivity (Wildman–Crippen MR) is 95.6 cm³/mol. The van der Waals surface area contributed by atoms with Crippen molar-refractivity contribution in [3.05, 3.63) is 36.9 Å². The molecule has 0 aromatic heterocycles. The van der Waals surface area contributed by atoms with Gasteiger partial charge < -0.3 is 20.3 Å². The van der Waals surface area contributed by atoms with Gasteiger partial charge >= 0.3 is 6.03 Å². The maximum atomic E-state index is 12.3. The molecular weight excluding hydrogens is 302 g/mol. The number of urea groups is 1. The molecule has 0 radical (unpaired) electrons. The van der Waals surface area contributed by atoms with Crippen molar-refractivity contribution in [3.63, 3.8) is 0 Å². The number of carbonyl (C=O) groups is 1. The average Bonchev–Trinajstić information content (AvgIpc) is 2.56. The summed E-state index contributed by atoms with van der Waals surface area (Å²) in [6.45, 7) is 4.94. The number of nitrogens with one attached hydrogen (secondary N) is 3. The zero-order chi connectivity index (χ0) is 16.9. The summed E-state index contributed by atoms with van der Waals surface area (Å²) in [6, 6.07) is 8.86. The maximum absolute atomic E-state index is 12.3. The first-order chi connectivity index (χ1) is 11.7. The van der Waals surface area contributed by atoms with E-state index in [2.05, 4.69) is 17.2 Å². The summed E-state index contributed by atoms with van der Waals surface area (Å²) in [5, 5.41) is 6.08. The van der Waals surface area contributed by atoms with Crippen LogP contribution in [0.4, 0.5) is 10.5 Å².